The molecule has 0 spiro atoms. The first-order valence-corrected chi connectivity index (χ1v) is 35.2. The van der Waals surface area contributed by atoms with Crippen molar-refractivity contribution >= 4 is 11.8 Å². The van der Waals surface area contributed by atoms with E-state index in [1.165, 1.54) is 180 Å². The predicted octanol–water partition coefficient (Wildman–Crippen LogP) is 11.2. The molecule has 0 bridgehead atoms. The van der Waals surface area contributed by atoms with Gasteiger partial charge >= 0.3 is 0 Å². The highest BCUT2D eigenvalue weighted by molar-refractivity contribution is 5.82. The van der Waals surface area contributed by atoms with E-state index < -0.39 is 0 Å². The van der Waals surface area contributed by atoms with Crippen LogP contribution in [0.5, 0.6) is 0 Å². The fourth-order valence-corrected chi connectivity index (χ4v) is 10.8. The number of hydrogen-bond acceptors (Lipinski definition) is 12. The maximum atomic E-state index is 13.7. The van der Waals surface area contributed by atoms with Crippen molar-refractivity contribution in [1.29, 1.82) is 0 Å². The van der Waals surface area contributed by atoms with Crippen molar-refractivity contribution in [3.05, 3.63) is 24.3 Å². The summed E-state index contributed by atoms with van der Waals surface area (Å²) < 4.78 is 0. The molecule has 14 nitrogen and oxygen atoms in total. The summed E-state index contributed by atoms with van der Waals surface area (Å²) in [4.78, 5) is 32.8. The Morgan fingerprint density at radius 1 is 0.366 bits per heavy atom. The molecule has 0 radical (unpaired) electrons. The van der Waals surface area contributed by atoms with Crippen molar-refractivity contribution in [3.8, 4) is 0 Å². The lowest BCUT2D eigenvalue weighted by Crippen LogP contribution is -2.48. The Morgan fingerprint density at radius 2 is 0.659 bits per heavy atom. The van der Waals surface area contributed by atoms with E-state index in [2.05, 4.69) is 93.7 Å². The summed E-state index contributed by atoms with van der Waals surface area (Å²) in [6.07, 6.45) is 53.5. The van der Waals surface area contributed by atoms with Gasteiger partial charge in [0.05, 0.1) is 12.1 Å². The Hall–Kier alpha value is -1.98. The van der Waals surface area contributed by atoms with E-state index in [4.69, 9.17) is 22.9 Å². The molecule has 14 heteroatoms. The number of allylic oxidation sites excluding steroid dienone is 4. The van der Waals surface area contributed by atoms with Crippen LogP contribution in [0, 0.1) is 11.8 Å². The van der Waals surface area contributed by atoms with E-state index >= 15 is 0 Å². The Labute approximate surface area is 508 Å². The fraction of sp³-hybridized carbons (Fsp3) is 0.912. The van der Waals surface area contributed by atoms with Crippen LogP contribution in [-0.2, 0) is 9.59 Å². The fourth-order valence-electron chi connectivity index (χ4n) is 10.8. The van der Waals surface area contributed by atoms with Gasteiger partial charge in [-0.15, -0.1) is 0 Å². The molecule has 0 aliphatic carbocycles. The summed E-state index contributed by atoms with van der Waals surface area (Å²) in [5.41, 5.74) is 23.1. The summed E-state index contributed by atoms with van der Waals surface area (Å²) >= 11 is 0. The molecule has 0 aromatic heterocycles. The molecule has 4 atom stereocenters. The van der Waals surface area contributed by atoms with Gasteiger partial charge < -0.3 is 64.6 Å². The highest BCUT2D eigenvalue weighted by Gasteiger charge is 2.21. The van der Waals surface area contributed by atoms with E-state index in [9.17, 15) is 9.59 Å². The molecule has 14 N–H and O–H groups in total. The van der Waals surface area contributed by atoms with Crippen LogP contribution in [0.3, 0.4) is 0 Å². The van der Waals surface area contributed by atoms with Crippen LogP contribution in [0.25, 0.3) is 0 Å². The predicted molar refractivity (Wildman–Crippen MR) is 359 cm³/mol. The van der Waals surface area contributed by atoms with Gasteiger partial charge in [0.1, 0.15) is 0 Å². The minimum atomic E-state index is -0.221. The van der Waals surface area contributed by atoms with Crippen LogP contribution in [0.2, 0.25) is 0 Å². The Kier molecular flexibility index (Phi) is 63.4. The number of nitrogens with zero attached hydrogens (tertiary/aromatic N) is 2. The van der Waals surface area contributed by atoms with Crippen LogP contribution >= 0.6 is 0 Å². The molecule has 82 heavy (non-hydrogen) atoms. The molecule has 0 fully saturated rings. The number of nitrogens with two attached hydrogens (primary N) is 4. The zero-order valence-corrected chi connectivity index (χ0v) is 54.8. The lowest BCUT2D eigenvalue weighted by Gasteiger charge is -2.31. The van der Waals surface area contributed by atoms with Crippen LogP contribution in [0.15, 0.2) is 24.3 Å². The van der Waals surface area contributed by atoms with Crippen molar-refractivity contribution < 1.29 is 9.59 Å². The molecular weight excluding hydrogens is 1020 g/mol. The van der Waals surface area contributed by atoms with Gasteiger partial charge in [0.2, 0.25) is 11.8 Å². The summed E-state index contributed by atoms with van der Waals surface area (Å²) in [7, 11) is 0. The average molecular weight is 1160 g/mol. The maximum Gasteiger partial charge on any atom is 0.237 e. The molecule has 0 saturated heterocycles. The van der Waals surface area contributed by atoms with Crippen molar-refractivity contribution in [1.82, 2.24) is 41.7 Å². The van der Waals surface area contributed by atoms with Gasteiger partial charge in [0.25, 0.3) is 0 Å². The molecular formula is C68H142N12O2. The highest BCUT2D eigenvalue weighted by atomic mass is 16.2. The zero-order chi connectivity index (χ0) is 59.9. The van der Waals surface area contributed by atoms with Gasteiger partial charge in [-0.05, 0) is 206 Å². The van der Waals surface area contributed by atoms with Crippen LogP contribution < -0.4 is 54.8 Å². The standard InChI is InChI=1S/C68H142N12O2/c1-5-7-9-11-13-15-17-19-21-23-25-27-29-31-33-35-55-79(61-63(3)59-77-67(81)65(75-53-41-47-71)43-37-49-73-51-39-45-69)57-58-80(56-36-34-32-30-28-26-24-22-20-18-16-14-12-10-8-6-2)62-64(4)60-78-68(82)66(76-54-42-48-72)44-38-50-74-52-40-46-70/h19-22,63-66,73-76H,5-18,23-62,69-72H2,1-4H3,(H,77,81)(H,78,82). The Bertz CT molecular complexity index is 1280. The number of amides is 2. The Morgan fingerprint density at radius 3 is 0.988 bits per heavy atom. The summed E-state index contributed by atoms with van der Waals surface area (Å²) in [6.45, 7) is 24.3. The van der Waals surface area contributed by atoms with E-state index in [1.807, 2.05) is 0 Å². The highest BCUT2D eigenvalue weighted by Crippen LogP contribution is 2.15. The summed E-state index contributed by atoms with van der Waals surface area (Å²) in [5, 5.41) is 20.7. The van der Waals surface area contributed by atoms with Gasteiger partial charge in [-0.3, -0.25) is 9.59 Å². The van der Waals surface area contributed by atoms with Crippen molar-refractivity contribution in [2.45, 2.75) is 271 Å². The van der Waals surface area contributed by atoms with Gasteiger partial charge in [0.15, 0.2) is 0 Å². The minimum Gasteiger partial charge on any atom is -0.354 e. The monoisotopic (exact) mass is 1160 g/mol. The lowest BCUT2D eigenvalue weighted by atomic mass is 10.1. The third-order valence-corrected chi connectivity index (χ3v) is 16.1. The number of unbranched alkanes of at least 4 members (excludes halogenated alkanes) is 24. The van der Waals surface area contributed by atoms with E-state index in [1.54, 1.807) is 0 Å². The molecule has 0 heterocycles. The molecule has 0 aromatic carbocycles. The molecule has 2 amide bonds. The zero-order valence-electron chi connectivity index (χ0n) is 54.8. The quantitative estimate of drug-likeness (QED) is 0.0203. The summed E-state index contributed by atoms with van der Waals surface area (Å²) in [6, 6.07) is -0.442. The Balaban J connectivity index is 5.83. The SMILES string of the molecule is CCCCCCCCC=CCCCCCCCCN(CCN(CCCCCCCCC=CCCCCCCCC)CC(C)CNC(=O)C(CCCNCCCN)NCCCN)CC(C)CNC(=O)C(CCCNCCCN)NCCCN. The van der Waals surface area contributed by atoms with Gasteiger partial charge in [-0.2, -0.15) is 0 Å². The van der Waals surface area contributed by atoms with Gasteiger partial charge in [-0.25, -0.2) is 0 Å². The molecule has 0 aliphatic heterocycles. The van der Waals surface area contributed by atoms with E-state index in [-0.39, 0.29) is 23.9 Å². The van der Waals surface area contributed by atoms with Crippen LogP contribution in [0.1, 0.15) is 259 Å². The molecule has 4 unspecified atom stereocenters. The molecule has 0 rings (SSSR count). The van der Waals surface area contributed by atoms with Gasteiger partial charge in [-0.1, -0.05) is 168 Å². The first-order chi connectivity index (χ1) is 40.3. The number of hydrogen-bond donors (Lipinski definition) is 10. The van der Waals surface area contributed by atoms with Crippen molar-refractivity contribution in [2.24, 2.45) is 34.8 Å². The second kappa shape index (κ2) is 65.0. The largest absolute Gasteiger partial charge is 0.354 e. The molecule has 486 valence electrons. The molecule has 0 aliphatic rings. The van der Waals surface area contributed by atoms with Crippen LogP contribution in [0.4, 0.5) is 0 Å². The third-order valence-electron chi connectivity index (χ3n) is 16.1. The van der Waals surface area contributed by atoms with Gasteiger partial charge in [0, 0.05) is 39.3 Å². The number of carbonyl (C=O) groups excluding carboxylic acids is 2. The van der Waals surface area contributed by atoms with E-state index in [0.717, 1.165) is 130 Å². The van der Waals surface area contributed by atoms with Crippen molar-refractivity contribution in [3.63, 3.8) is 0 Å². The minimum absolute atomic E-state index is 0.0987. The number of carbonyl (C=O) groups is 2. The third kappa shape index (κ3) is 55.9. The number of nitrogens with one attached hydrogen (secondary N) is 6. The maximum absolute atomic E-state index is 13.7. The lowest BCUT2D eigenvalue weighted by molar-refractivity contribution is -0.124. The van der Waals surface area contributed by atoms with Crippen LogP contribution in [-0.4, -0.2) is 152 Å². The molecule has 0 aromatic rings. The van der Waals surface area contributed by atoms with Crippen molar-refractivity contribution in [2.75, 3.05) is 118 Å². The van der Waals surface area contributed by atoms with E-state index in [0.29, 0.717) is 51.1 Å². The second-order valence-corrected chi connectivity index (χ2v) is 24.5. The molecule has 0 saturated carbocycles. The second-order valence-electron chi connectivity index (χ2n) is 24.5. The first-order valence-electron chi connectivity index (χ1n) is 35.2. The smallest absolute Gasteiger partial charge is 0.237 e. The summed E-state index contributed by atoms with van der Waals surface area (Å²) in [5.74, 6) is 0.822. The normalized spacial score (nSPS) is 13.5. The first kappa shape index (κ1) is 80.0. The average Bonchev–Trinajstić information content (AvgIpc) is 3.47. The number of rotatable bonds is 67. The topological polar surface area (TPSA) is 217 Å².